The number of carbonyl (C=O) groups is 1. The van der Waals surface area contributed by atoms with Crippen molar-refractivity contribution in [2.75, 3.05) is 11.4 Å². The van der Waals surface area contributed by atoms with E-state index in [4.69, 9.17) is 10.4 Å². The highest BCUT2D eigenvalue weighted by Gasteiger charge is 2.31. The maximum atomic E-state index is 11.2. The van der Waals surface area contributed by atoms with Gasteiger partial charge in [-0.25, -0.2) is 0 Å². The van der Waals surface area contributed by atoms with Gasteiger partial charge in [0.1, 0.15) is 23.9 Å². The molecule has 1 aromatic carbocycles. The molecule has 7 heteroatoms. The van der Waals surface area contributed by atoms with Crippen molar-refractivity contribution in [3.05, 3.63) is 33.9 Å². The Hall–Kier alpha value is -2.62. The molecule has 0 aliphatic carbocycles. The van der Waals surface area contributed by atoms with Crippen LogP contribution in [-0.2, 0) is 4.79 Å². The Labute approximate surface area is 116 Å². The molecule has 0 saturated heterocycles. The maximum absolute atomic E-state index is 11.2. The number of benzene rings is 1. The Morgan fingerprint density at radius 1 is 1.50 bits per heavy atom. The van der Waals surface area contributed by atoms with Gasteiger partial charge in [-0.15, -0.1) is 0 Å². The summed E-state index contributed by atoms with van der Waals surface area (Å²) < 4.78 is 0. The molecule has 1 aromatic rings. The van der Waals surface area contributed by atoms with Crippen molar-refractivity contribution in [1.29, 1.82) is 5.26 Å². The SMILES string of the molecule is CC(C)(C)N(CC(=O)O)c1cccc(C#N)c1[N+](=O)[O-]. The van der Waals surface area contributed by atoms with Crippen molar-refractivity contribution in [3.63, 3.8) is 0 Å². The Bertz CT molecular complexity index is 584. The highest BCUT2D eigenvalue weighted by Crippen LogP contribution is 2.35. The summed E-state index contributed by atoms with van der Waals surface area (Å²) in [6.07, 6.45) is 0. The van der Waals surface area contributed by atoms with Crippen LogP contribution in [-0.4, -0.2) is 28.1 Å². The van der Waals surface area contributed by atoms with Crippen molar-refractivity contribution >= 4 is 17.3 Å². The molecule has 0 unspecified atom stereocenters. The monoisotopic (exact) mass is 277 g/mol. The van der Waals surface area contributed by atoms with Crippen LogP contribution < -0.4 is 4.90 Å². The summed E-state index contributed by atoms with van der Waals surface area (Å²) in [6.45, 7) is 4.86. The topological polar surface area (TPSA) is 107 Å². The summed E-state index contributed by atoms with van der Waals surface area (Å²) in [4.78, 5) is 22.9. The van der Waals surface area contributed by atoms with Crippen LogP contribution >= 0.6 is 0 Å². The molecular weight excluding hydrogens is 262 g/mol. The summed E-state index contributed by atoms with van der Waals surface area (Å²) in [7, 11) is 0. The fourth-order valence-electron chi connectivity index (χ4n) is 1.85. The molecule has 1 N–H and O–H groups in total. The molecule has 106 valence electrons. The predicted molar refractivity (Wildman–Crippen MR) is 72.5 cm³/mol. The second kappa shape index (κ2) is 5.57. The summed E-state index contributed by atoms with van der Waals surface area (Å²) in [5.74, 6) is -1.10. The second-order valence-electron chi connectivity index (χ2n) is 5.19. The lowest BCUT2D eigenvalue weighted by molar-refractivity contribution is -0.384. The molecule has 0 aliphatic rings. The molecule has 0 fully saturated rings. The third kappa shape index (κ3) is 3.23. The minimum atomic E-state index is -1.10. The van der Waals surface area contributed by atoms with E-state index in [-0.39, 0.29) is 23.5 Å². The molecule has 7 nitrogen and oxygen atoms in total. The normalized spacial score (nSPS) is 10.7. The van der Waals surface area contributed by atoms with Crippen LogP contribution in [0.3, 0.4) is 0 Å². The minimum Gasteiger partial charge on any atom is -0.480 e. The number of anilines is 1. The smallest absolute Gasteiger partial charge is 0.323 e. The van der Waals surface area contributed by atoms with E-state index in [2.05, 4.69) is 0 Å². The van der Waals surface area contributed by atoms with E-state index in [9.17, 15) is 14.9 Å². The lowest BCUT2D eigenvalue weighted by atomic mass is 10.0. The second-order valence-corrected chi connectivity index (χ2v) is 5.19. The van der Waals surface area contributed by atoms with E-state index >= 15 is 0 Å². The molecule has 0 saturated carbocycles. The fourth-order valence-corrected chi connectivity index (χ4v) is 1.85. The van der Waals surface area contributed by atoms with Gasteiger partial charge in [-0.05, 0) is 32.9 Å². The number of hydrogen-bond acceptors (Lipinski definition) is 5. The van der Waals surface area contributed by atoms with Crippen LogP contribution in [0.4, 0.5) is 11.4 Å². The van der Waals surface area contributed by atoms with Gasteiger partial charge in [0.25, 0.3) is 0 Å². The summed E-state index contributed by atoms with van der Waals surface area (Å²) in [6, 6.07) is 6.05. The highest BCUT2D eigenvalue weighted by molar-refractivity contribution is 5.78. The Morgan fingerprint density at radius 3 is 2.50 bits per heavy atom. The first-order valence-corrected chi connectivity index (χ1v) is 5.85. The zero-order valence-corrected chi connectivity index (χ0v) is 11.5. The van der Waals surface area contributed by atoms with Crippen LogP contribution in [0.2, 0.25) is 0 Å². The van der Waals surface area contributed by atoms with Crippen LogP contribution in [0, 0.1) is 21.4 Å². The molecule has 0 bridgehead atoms. The van der Waals surface area contributed by atoms with Gasteiger partial charge in [0.05, 0.1) is 4.92 Å². The molecule has 20 heavy (non-hydrogen) atoms. The van der Waals surface area contributed by atoms with Crippen molar-refractivity contribution in [2.24, 2.45) is 0 Å². The van der Waals surface area contributed by atoms with Gasteiger partial charge in [-0.3, -0.25) is 14.9 Å². The van der Waals surface area contributed by atoms with E-state index in [1.165, 1.54) is 23.1 Å². The maximum Gasteiger partial charge on any atom is 0.323 e. The van der Waals surface area contributed by atoms with E-state index in [1.54, 1.807) is 26.8 Å². The first kappa shape index (κ1) is 15.4. The van der Waals surface area contributed by atoms with E-state index in [1.807, 2.05) is 0 Å². The van der Waals surface area contributed by atoms with Crippen LogP contribution in [0.25, 0.3) is 0 Å². The summed E-state index contributed by atoms with van der Waals surface area (Å²) in [5.41, 5.74) is -0.973. The zero-order chi connectivity index (χ0) is 15.5. The minimum absolute atomic E-state index is 0.0906. The fraction of sp³-hybridized carbons (Fsp3) is 0.385. The van der Waals surface area contributed by atoms with Gasteiger partial charge in [-0.2, -0.15) is 5.26 Å². The lowest BCUT2D eigenvalue weighted by Crippen LogP contribution is -2.45. The average Bonchev–Trinajstić information content (AvgIpc) is 2.33. The third-order valence-electron chi connectivity index (χ3n) is 2.71. The standard InChI is InChI=1S/C13H15N3O4/c1-13(2,3)15(8-11(17)18)10-6-4-5-9(7-14)12(10)16(19)20/h4-6H,8H2,1-3H3,(H,17,18). The summed E-state index contributed by atoms with van der Waals surface area (Å²) >= 11 is 0. The number of hydrogen-bond donors (Lipinski definition) is 1. The lowest BCUT2D eigenvalue weighted by Gasteiger charge is -2.36. The number of carboxylic acid groups (broad SMARTS) is 1. The molecule has 0 radical (unpaired) electrons. The number of carboxylic acids is 1. The predicted octanol–water partition coefficient (Wildman–Crippen LogP) is 2.16. The largest absolute Gasteiger partial charge is 0.480 e. The molecule has 0 aliphatic heterocycles. The van der Waals surface area contributed by atoms with E-state index < -0.39 is 16.4 Å². The number of nitrogens with zero attached hydrogens (tertiary/aromatic N) is 3. The number of rotatable bonds is 4. The van der Waals surface area contributed by atoms with E-state index in [0.29, 0.717) is 0 Å². The molecule has 0 heterocycles. The Kier molecular flexibility index (Phi) is 4.30. The Balaban J connectivity index is 3.52. The molecule has 0 aromatic heterocycles. The first-order valence-electron chi connectivity index (χ1n) is 5.85. The molecule has 0 amide bonds. The van der Waals surface area contributed by atoms with Gasteiger partial charge < -0.3 is 10.0 Å². The van der Waals surface area contributed by atoms with Crippen LogP contribution in [0.5, 0.6) is 0 Å². The Morgan fingerprint density at radius 2 is 2.10 bits per heavy atom. The van der Waals surface area contributed by atoms with Crippen LogP contribution in [0.15, 0.2) is 18.2 Å². The van der Waals surface area contributed by atoms with Crippen molar-refractivity contribution in [1.82, 2.24) is 0 Å². The van der Waals surface area contributed by atoms with Gasteiger partial charge in [-0.1, -0.05) is 6.07 Å². The number of aliphatic carboxylic acids is 1. The first-order chi connectivity index (χ1) is 9.18. The third-order valence-corrected chi connectivity index (χ3v) is 2.71. The van der Waals surface area contributed by atoms with Crippen LogP contribution in [0.1, 0.15) is 26.3 Å². The highest BCUT2D eigenvalue weighted by atomic mass is 16.6. The van der Waals surface area contributed by atoms with Gasteiger partial charge in [0, 0.05) is 5.54 Å². The van der Waals surface area contributed by atoms with Gasteiger partial charge in [0.2, 0.25) is 0 Å². The van der Waals surface area contributed by atoms with Gasteiger partial charge in [0.15, 0.2) is 0 Å². The zero-order valence-electron chi connectivity index (χ0n) is 11.5. The number of nitro groups is 1. The number of para-hydroxylation sites is 1. The van der Waals surface area contributed by atoms with Crippen molar-refractivity contribution < 1.29 is 14.8 Å². The number of nitriles is 1. The van der Waals surface area contributed by atoms with Crippen molar-refractivity contribution in [3.8, 4) is 6.07 Å². The quantitative estimate of drug-likeness (QED) is 0.667. The number of nitro benzene ring substituents is 1. The van der Waals surface area contributed by atoms with Gasteiger partial charge >= 0.3 is 11.7 Å². The van der Waals surface area contributed by atoms with Crippen molar-refractivity contribution in [2.45, 2.75) is 26.3 Å². The molecule has 0 spiro atoms. The molecular formula is C13H15N3O4. The molecule has 1 rings (SSSR count). The summed E-state index contributed by atoms with van der Waals surface area (Å²) in [5, 5.41) is 29.2. The average molecular weight is 277 g/mol. The molecule has 0 atom stereocenters. The van der Waals surface area contributed by atoms with E-state index in [0.717, 1.165) is 0 Å².